The highest BCUT2D eigenvalue weighted by molar-refractivity contribution is 14.1. The summed E-state index contributed by atoms with van der Waals surface area (Å²) in [7, 11) is -1.13. The lowest BCUT2D eigenvalue weighted by atomic mass is 9.96. The minimum Gasteiger partial charge on any atom is -0.0654 e. The zero-order valence-corrected chi connectivity index (χ0v) is 15.6. The number of rotatable bonds is 5. The van der Waals surface area contributed by atoms with Crippen LogP contribution in [0.1, 0.15) is 45.4 Å². The van der Waals surface area contributed by atoms with Gasteiger partial charge in [0.05, 0.1) is 8.07 Å². The van der Waals surface area contributed by atoms with Crippen molar-refractivity contribution in [3.05, 3.63) is 27.8 Å². The summed E-state index contributed by atoms with van der Waals surface area (Å²) in [6.07, 6.45) is 8.75. The zero-order chi connectivity index (χ0) is 13.7. The molecule has 1 aromatic rings. The van der Waals surface area contributed by atoms with E-state index < -0.39 is 8.07 Å². The Morgan fingerprint density at radius 3 is 2.32 bits per heavy atom. The lowest BCUT2D eigenvalue weighted by Gasteiger charge is -2.36. The normalized spacial score (nSPS) is 27.4. The molecule has 1 aliphatic rings. The Bertz CT molecular complexity index is 377. The summed E-state index contributed by atoms with van der Waals surface area (Å²) in [4.78, 5) is 0. The molecule has 1 heterocycles. The van der Waals surface area contributed by atoms with E-state index in [4.69, 9.17) is 0 Å². The van der Waals surface area contributed by atoms with Crippen molar-refractivity contribution in [2.45, 2.75) is 64.1 Å². The molecule has 1 saturated heterocycles. The fraction of sp³-hybridized carbons (Fsp3) is 0.647. The number of hydrogen-bond acceptors (Lipinski definition) is 0. The molecule has 1 aromatic carbocycles. The van der Waals surface area contributed by atoms with Crippen LogP contribution in [0, 0.1) is 9.49 Å². The second-order valence-electron chi connectivity index (χ2n) is 6.51. The molecule has 106 valence electrons. The summed E-state index contributed by atoms with van der Waals surface area (Å²) in [5.41, 5.74) is 0. The van der Waals surface area contributed by atoms with Gasteiger partial charge in [-0.3, -0.25) is 0 Å². The van der Waals surface area contributed by atoms with Crippen molar-refractivity contribution < 1.29 is 0 Å². The summed E-state index contributed by atoms with van der Waals surface area (Å²) in [5, 5.41) is 1.69. The van der Waals surface area contributed by atoms with Gasteiger partial charge in [0.2, 0.25) is 0 Å². The third kappa shape index (κ3) is 4.32. The highest BCUT2D eigenvalue weighted by Gasteiger charge is 2.34. The van der Waals surface area contributed by atoms with Crippen molar-refractivity contribution >= 4 is 35.9 Å². The largest absolute Gasteiger partial charge is 0.0837 e. The minimum absolute atomic E-state index is 1.04. The second kappa shape index (κ2) is 7.25. The fourth-order valence-corrected chi connectivity index (χ4v) is 7.68. The van der Waals surface area contributed by atoms with Gasteiger partial charge in [-0.1, -0.05) is 81.4 Å². The highest BCUT2D eigenvalue weighted by atomic mass is 127. The Kier molecular flexibility index (Phi) is 5.94. The van der Waals surface area contributed by atoms with Crippen molar-refractivity contribution in [3.8, 4) is 0 Å². The van der Waals surface area contributed by atoms with Crippen molar-refractivity contribution in [3.63, 3.8) is 0 Å². The first kappa shape index (κ1) is 15.6. The maximum Gasteiger partial charge on any atom is 0.0837 e. The van der Waals surface area contributed by atoms with Gasteiger partial charge in [0, 0.05) is 3.57 Å². The fourth-order valence-electron chi connectivity index (χ4n) is 3.43. The Balaban J connectivity index is 1.89. The molecule has 2 heteroatoms. The molecule has 0 N–H and O–H groups in total. The molecule has 0 saturated carbocycles. The van der Waals surface area contributed by atoms with Gasteiger partial charge in [-0.15, -0.1) is 0 Å². The lowest BCUT2D eigenvalue weighted by Crippen LogP contribution is -2.47. The van der Waals surface area contributed by atoms with Crippen LogP contribution in [0.4, 0.5) is 0 Å². The average Bonchev–Trinajstić information content (AvgIpc) is 2.42. The second-order valence-corrected chi connectivity index (χ2v) is 12.5. The van der Waals surface area contributed by atoms with Crippen LogP contribution >= 0.6 is 22.6 Å². The number of halogens is 1. The van der Waals surface area contributed by atoms with Crippen molar-refractivity contribution in [2.75, 3.05) is 0 Å². The van der Waals surface area contributed by atoms with Gasteiger partial charge in [0.25, 0.3) is 0 Å². The zero-order valence-electron chi connectivity index (χ0n) is 12.4. The molecule has 0 bridgehead atoms. The van der Waals surface area contributed by atoms with Gasteiger partial charge in [0.1, 0.15) is 0 Å². The smallest absolute Gasteiger partial charge is 0.0654 e. The van der Waals surface area contributed by atoms with Crippen LogP contribution in [0.15, 0.2) is 24.3 Å². The van der Waals surface area contributed by atoms with E-state index in [1.807, 2.05) is 0 Å². The number of hydrogen-bond donors (Lipinski definition) is 0. The molecule has 19 heavy (non-hydrogen) atoms. The van der Waals surface area contributed by atoms with Gasteiger partial charge in [-0.25, -0.2) is 0 Å². The van der Waals surface area contributed by atoms with Crippen LogP contribution in [-0.2, 0) is 0 Å². The van der Waals surface area contributed by atoms with Crippen LogP contribution in [0.3, 0.4) is 0 Å². The van der Waals surface area contributed by atoms with Crippen molar-refractivity contribution in [1.29, 1.82) is 0 Å². The monoisotopic (exact) mass is 386 g/mol. The number of unbranched alkanes of at least 4 members (excludes halogenated alkanes) is 2. The van der Waals surface area contributed by atoms with Crippen LogP contribution in [0.25, 0.3) is 0 Å². The molecule has 0 nitrogen and oxygen atoms in total. The Labute approximate surface area is 133 Å². The van der Waals surface area contributed by atoms with E-state index in [9.17, 15) is 0 Å². The first-order valence-electron chi connectivity index (χ1n) is 7.90. The van der Waals surface area contributed by atoms with E-state index in [1.54, 1.807) is 5.19 Å². The molecular weight excluding hydrogens is 359 g/mol. The molecule has 1 fully saturated rings. The van der Waals surface area contributed by atoms with Gasteiger partial charge in [-0.2, -0.15) is 0 Å². The lowest BCUT2D eigenvalue weighted by molar-refractivity contribution is 0.415. The Hall–Kier alpha value is 0.167. The highest BCUT2D eigenvalue weighted by Crippen LogP contribution is 2.35. The standard InChI is InChI=1S/C17H27ISi/c1-3-4-5-6-15-11-13-19(2,14-12-15)17-9-7-16(18)8-10-17/h7-10,15H,3-6,11-14H2,1-2H3/t15-,19-. The van der Waals surface area contributed by atoms with Gasteiger partial charge < -0.3 is 0 Å². The molecular formula is C17H27ISi. The predicted octanol–water partition coefficient (Wildman–Crippen LogP) is 5.57. The SMILES string of the molecule is CCCCC[C@H]1CC[Si@](C)(c2ccc(I)cc2)CC1. The first-order chi connectivity index (χ1) is 9.14. The summed E-state index contributed by atoms with van der Waals surface area (Å²) in [5.74, 6) is 1.04. The molecule has 0 aromatic heterocycles. The molecule has 0 amide bonds. The molecule has 0 atom stereocenters. The van der Waals surface area contributed by atoms with Crippen LogP contribution in [0.2, 0.25) is 18.6 Å². The summed E-state index contributed by atoms with van der Waals surface area (Å²) < 4.78 is 1.37. The van der Waals surface area contributed by atoms with E-state index in [1.165, 1.54) is 54.2 Å². The maximum atomic E-state index is 2.61. The number of benzene rings is 1. The summed E-state index contributed by atoms with van der Waals surface area (Å²) >= 11 is 2.41. The van der Waals surface area contributed by atoms with E-state index in [-0.39, 0.29) is 0 Å². The molecule has 0 aliphatic carbocycles. The predicted molar refractivity (Wildman–Crippen MR) is 96.9 cm³/mol. The summed E-state index contributed by atoms with van der Waals surface area (Å²) in [6, 6.07) is 12.4. The van der Waals surface area contributed by atoms with Crippen molar-refractivity contribution in [2.24, 2.45) is 5.92 Å². The Morgan fingerprint density at radius 2 is 1.74 bits per heavy atom. The quantitative estimate of drug-likeness (QED) is 0.353. The first-order valence-corrected chi connectivity index (χ1v) is 11.9. The van der Waals surface area contributed by atoms with Crippen LogP contribution in [0.5, 0.6) is 0 Å². The van der Waals surface area contributed by atoms with E-state index in [0.29, 0.717) is 0 Å². The maximum absolute atomic E-state index is 2.61. The van der Waals surface area contributed by atoms with E-state index in [2.05, 4.69) is 60.3 Å². The molecule has 0 unspecified atom stereocenters. The van der Waals surface area contributed by atoms with Crippen molar-refractivity contribution in [1.82, 2.24) is 0 Å². The summed E-state index contributed by atoms with van der Waals surface area (Å²) in [6.45, 7) is 4.92. The van der Waals surface area contributed by atoms with Crippen LogP contribution in [-0.4, -0.2) is 8.07 Å². The third-order valence-corrected chi connectivity index (χ3v) is 10.2. The Morgan fingerprint density at radius 1 is 1.11 bits per heavy atom. The molecule has 2 rings (SSSR count). The van der Waals surface area contributed by atoms with Gasteiger partial charge in [0.15, 0.2) is 0 Å². The molecule has 0 spiro atoms. The minimum atomic E-state index is -1.13. The molecule has 0 radical (unpaired) electrons. The van der Waals surface area contributed by atoms with Crippen LogP contribution < -0.4 is 5.19 Å². The van der Waals surface area contributed by atoms with E-state index in [0.717, 1.165) is 5.92 Å². The third-order valence-electron chi connectivity index (χ3n) is 4.97. The topological polar surface area (TPSA) is 0 Å². The molecule has 1 aliphatic heterocycles. The average molecular weight is 386 g/mol. The van der Waals surface area contributed by atoms with Gasteiger partial charge >= 0.3 is 0 Å². The van der Waals surface area contributed by atoms with Gasteiger partial charge in [-0.05, 0) is 40.6 Å². The van der Waals surface area contributed by atoms with E-state index >= 15 is 0 Å².